The predicted molar refractivity (Wildman–Crippen MR) is 100 cm³/mol. The second-order valence-corrected chi connectivity index (χ2v) is 7.57. The third kappa shape index (κ3) is 3.90. The Morgan fingerprint density at radius 2 is 1.92 bits per heavy atom. The highest BCUT2D eigenvalue weighted by Gasteiger charge is 2.34. The molecular weight excluding hydrogens is 328 g/mol. The molecule has 3 atom stereocenters. The Morgan fingerprint density at radius 3 is 2.77 bits per heavy atom. The summed E-state index contributed by atoms with van der Waals surface area (Å²) in [5.41, 5.74) is 2.38. The molecule has 4 rings (SSSR count). The van der Waals surface area contributed by atoms with Gasteiger partial charge in [-0.2, -0.15) is 0 Å². The van der Waals surface area contributed by atoms with Gasteiger partial charge in [0.2, 0.25) is 0 Å². The third-order valence-corrected chi connectivity index (χ3v) is 5.45. The largest absolute Gasteiger partial charge is 0.389 e. The molecule has 0 spiro atoms. The van der Waals surface area contributed by atoms with Gasteiger partial charge in [0, 0.05) is 43.9 Å². The number of rotatable bonds is 6. The zero-order chi connectivity index (χ0) is 17.9. The van der Waals surface area contributed by atoms with E-state index in [0.29, 0.717) is 31.6 Å². The van der Waals surface area contributed by atoms with Crippen molar-refractivity contribution in [3.8, 4) is 0 Å². The maximum atomic E-state index is 12.1. The molecule has 2 unspecified atom stereocenters. The van der Waals surface area contributed by atoms with E-state index in [2.05, 4.69) is 11.0 Å². The Hall–Kier alpha value is -1.95. The highest BCUT2D eigenvalue weighted by Crippen LogP contribution is 2.34. The third-order valence-electron chi connectivity index (χ3n) is 5.45. The van der Waals surface area contributed by atoms with Crippen LogP contribution in [0.1, 0.15) is 23.6 Å². The molecule has 3 heterocycles. The molecule has 2 aromatic rings. The van der Waals surface area contributed by atoms with Crippen molar-refractivity contribution >= 4 is 0 Å². The summed E-state index contributed by atoms with van der Waals surface area (Å²) in [5.74, 6) is 0.868. The molecular formula is C21H26N2O3. The summed E-state index contributed by atoms with van der Waals surface area (Å²) in [5, 5.41) is 10.4. The van der Waals surface area contributed by atoms with Gasteiger partial charge in [-0.05, 0) is 24.0 Å². The lowest BCUT2D eigenvalue weighted by atomic mass is 9.83. The van der Waals surface area contributed by atoms with Gasteiger partial charge in [0.25, 0.3) is 5.56 Å². The number of benzene rings is 1. The van der Waals surface area contributed by atoms with Crippen molar-refractivity contribution < 1.29 is 9.84 Å². The molecule has 138 valence electrons. The molecule has 2 aliphatic heterocycles. The summed E-state index contributed by atoms with van der Waals surface area (Å²) >= 11 is 0. The standard InChI is InChI=1S/C21H26N2O3/c24-19(15-26-14-16-5-2-1-3-6-16)13-22-10-17-9-18(12-22)20-7-4-8-21(25)23(20)11-17/h1-8,17-19,24H,9-15H2/t17?,18-,19?/m1/s1. The van der Waals surface area contributed by atoms with Gasteiger partial charge in [-0.25, -0.2) is 0 Å². The minimum Gasteiger partial charge on any atom is -0.389 e. The highest BCUT2D eigenvalue weighted by molar-refractivity contribution is 5.17. The zero-order valence-electron chi connectivity index (χ0n) is 15.0. The van der Waals surface area contributed by atoms with Crippen molar-refractivity contribution in [2.75, 3.05) is 26.2 Å². The predicted octanol–water partition coefficient (Wildman–Crippen LogP) is 1.85. The van der Waals surface area contributed by atoms with E-state index in [0.717, 1.165) is 37.3 Å². The van der Waals surface area contributed by atoms with E-state index < -0.39 is 6.10 Å². The molecule has 26 heavy (non-hydrogen) atoms. The molecule has 2 aliphatic rings. The quantitative estimate of drug-likeness (QED) is 0.860. The number of ether oxygens (including phenoxy) is 1. The van der Waals surface area contributed by atoms with E-state index >= 15 is 0 Å². The van der Waals surface area contributed by atoms with Gasteiger partial charge in [-0.3, -0.25) is 9.69 Å². The minimum absolute atomic E-state index is 0.111. The molecule has 2 bridgehead atoms. The first-order valence-corrected chi connectivity index (χ1v) is 9.41. The maximum Gasteiger partial charge on any atom is 0.250 e. The second kappa shape index (κ2) is 7.74. The number of hydrogen-bond donors (Lipinski definition) is 1. The molecule has 1 fully saturated rings. The molecule has 1 aromatic heterocycles. The van der Waals surface area contributed by atoms with E-state index in [1.807, 2.05) is 41.0 Å². The first-order chi connectivity index (χ1) is 12.7. The topological polar surface area (TPSA) is 54.7 Å². The maximum absolute atomic E-state index is 12.1. The highest BCUT2D eigenvalue weighted by atomic mass is 16.5. The average Bonchev–Trinajstić information content (AvgIpc) is 2.63. The van der Waals surface area contributed by atoms with Crippen LogP contribution in [0.3, 0.4) is 0 Å². The van der Waals surface area contributed by atoms with Crippen LogP contribution in [0.5, 0.6) is 0 Å². The number of likely N-dealkylation sites (tertiary alicyclic amines) is 1. The van der Waals surface area contributed by atoms with Gasteiger partial charge in [0.05, 0.1) is 19.3 Å². The fourth-order valence-electron chi connectivity index (χ4n) is 4.38. The molecule has 1 N–H and O–H groups in total. The van der Waals surface area contributed by atoms with Gasteiger partial charge in [-0.1, -0.05) is 36.4 Å². The van der Waals surface area contributed by atoms with Crippen molar-refractivity contribution in [3.63, 3.8) is 0 Å². The summed E-state index contributed by atoms with van der Waals surface area (Å²) in [6.07, 6.45) is 0.649. The molecule has 1 aromatic carbocycles. The van der Waals surface area contributed by atoms with Crippen molar-refractivity contribution in [1.29, 1.82) is 0 Å². The number of nitrogens with zero attached hydrogens (tertiary/aromatic N) is 2. The number of piperidine rings is 1. The van der Waals surface area contributed by atoms with Gasteiger partial charge in [0.15, 0.2) is 0 Å². The lowest BCUT2D eigenvalue weighted by molar-refractivity contribution is -0.00248. The van der Waals surface area contributed by atoms with Crippen molar-refractivity contribution in [2.45, 2.75) is 31.6 Å². The molecule has 0 saturated carbocycles. The van der Waals surface area contributed by atoms with Crippen LogP contribution in [0.2, 0.25) is 0 Å². The first-order valence-electron chi connectivity index (χ1n) is 9.41. The number of aliphatic hydroxyl groups excluding tert-OH is 1. The number of fused-ring (bicyclic) bond motifs is 4. The van der Waals surface area contributed by atoms with Crippen molar-refractivity contribution in [1.82, 2.24) is 9.47 Å². The van der Waals surface area contributed by atoms with Gasteiger partial charge < -0.3 is 14.4 Å². The Morgan fingerprint density at radius 1 is 1.08 bits per heavy atom. The van der Waals surface area contributed by atoms with E-state index in [-0.39, 0.29) is 5.56 Å². The van der Waals surface area contributed by atoms with Gasteiger partial charge in [-0.15, -0.1) is 0 Å². The fourth-order valence-corrected chi connectivity index (χ4v) is 4.38. The molecule has 0 amide bonds. The summed E-state index contributed by atoms with van der Waals surface area (Å²) in [6, 6.07) is 15.6. The van der Waals surface area contributed by atoms with E-state index in [9.17, 15) is 9.90 Å². The van der Waals surface area contributed by atoms with E-state index in [1.165, 1.54) is 0 Å². The van der Waals surface area contributed by atoms with E-state index in [1.54, 1.807) is 6.07 Å². The van der Waals surface area contributed by atoms with Gasteiger partial charge in [0.1, 0.15) is 0 Å². The van der Waals surface area contributed by atoms with Crippen LogP contribution in [-0.2, 0) is 17.9 Å². The Bertz CT molecular complexity index is 789. The van der Waals surface area contributed by atoms with Crippen LogP contribution < -0.4 is 5.56 Å². The summed E-state index contributed by atoms with van der Waals surface area (Å²) in [7, 11) is 0. The Kier molecular flexibility index (Phi) is 5.20. The molecule has 0 radical (unpaired) electrons. The van der Waals surface area contributed by atoms with Crippen LogP contribution in [0.4, 0.5) is 0 Å². The SMILES string of the molecule is O=c1cccc2n1CC1C[C@@H]2CN(CC(O)COCc2ccccc2)C1. The molecule has 5 heteroatoms. The number of β-amino-alcohol motifs (C(OH)–C–C–N with tert-alkyl or cyclic N) is 1. The second-order valence-electron chi connectivity index (χ2n) is 7.57. The fraction of sp³-hybridized carbons (Fsp3) is 0.476. The van der Waals surface area contributed by atoms with Crippen LogP contribution in [0, 0.1) is 5.92 Å². The number of pyridine rings is 1. The number of aromatic nitrogens is 1. The summed E-state index contributed by atoms with van der Waals surface area (Å²) in [6.45, 7) is 4.13. The lowest BCUT2D eigenvalue weighted by Gasteiger charge is -2.43. The van der Waals surface area contributed by atoms with E-state index in [4.69, 9.17) is 4.74 Å². The molecule has 1 saturated heterocycles. The lowest BCUT2D eigenvalue weighted by Crippen LogP contribution is -2.49. The Balaban J connectivity index is 1.30. The average molecular weight is 354 g/mol. The van der Waals surface area contributed by atoms with Crippen LogP contribution in [0.15, 0.2) is 53.3 Å². The summed E-state index contributed by atoms with van der Waals surface area (Å²) < 4.78 is 7.61. The monoisotopic (exact) mass is 354 g/mol. The van der Waals surface area contributed by atoms with Crippen molar-refractivity contribution in [3.05, 3.63) is 70.1 Å². The summed E-state index contributed by atoms with van der Waals surface area (Å²) in [4.78, 5) is 14.4. The zero-order valence-corrected chi connectivity index (χ0v) is 15.0. The number of hydrogen-bond acceptors (Lipinski definition) is 4. The van der Waals surface area contributed by atoms with Gasteiger partial charge >= 0.3 is 0 Å². The number of aliphatic hydroxyl groups is 1. The van der Waals surface area contributed by atoms with Crippen LogP contribution in [-0.4, -0.2) is 46.9 Å². The van der Waals surface area contributed by atoms with Crippen molar-refractivity contribution in [2.24, 2.45) is 5.92 Å². The smallest absolute Gasteiger partial charge is 0.250 e. The minimum atomic E-state index is -0.490. The molecule has 5 nitrogen and oxygen atoms in total. The van der Waals surface area contributed by atoms with Crippen LogP contribution in [0.25, 0.3) is 0 Å². The van der Waals surface area contributed by atoms with Crippen LogP contribution >= 0.6 is 0 Å². The normalized spacial score (nSPS) is 23.4. The first kappa shape index (κ1) is 17.5. The Labute approximate surface area is 153 Å². The molecule has 0 aliphatic carbocycles.